The highest BCUT2D eigenvalue weighted by atomic mass is 127. The van der Waals surface area contributed by atoms with Gasteiger partial charge in [0.05, 0.1) is 8.49 Å². The fourth-order valence-electron chi connectivity index (χ4n) is 1.56. The van der Waals surface area contributed by atoms with Gasteiger partial charge in [0.2, 0.25) is 0 Å². The molecule has 2 N–H and O–H groups in total. The van der Waals surface area contributed by atoms with Crippen molar-refractivity contribution in [3.63, 3.8) is 0 Å². The van der Waals surface area contributed by atoms with Gasteiger partial charge in [0, 0.05) is 12.1 Å². The van der Waals surface area contributed by atoms with Crippen LogP contribution in [0.3, 0.4) is 0 Å². The fraction of sp³-hybridized carbons (Fsp3) is 0.0769. The lowest BCUT2D eigenvalue weighted by atomic mass is 10.2. The molecule has 0 atom stereocenters. The summed E-state index contributed by atoms with van der Waals surface area (Å²) >= 11 is 1.99. The highest BCUT2D eigenvalue weighted by molar-refractivity contribution is 14.1. The minimum atomic E-state index is -0.502. The van der Waals surface area contributed by atoms with E-state index in [1.54, 1.807) is 0 Å². The Balaban J connectivity index is 2.17. The first-order chi connectivity index (χ1) is 9.08. The summed E-state index contributed by atoms with van der Waals surface area (Å²) in [6, 6.07) is 12.6. The normalized spacial score (nSPS) is 10.2. The summed E-state index contributed by atoms with van der Waals surface area (Å²) in [5, 5.41) is 10.7. The minimum Gasteiger partial charge on any atom is -0.488 e. The van der Waals surface area contributed by atoms with Gasteiger partial charge in [0.1, 0.15) is 18.0 Å². The quantitative estimate of drug-likeness (QED) is 0.388. The highest BCUT2D eigenvalue weighted by Crippen LogP contribution is 2.32. The number of nitrogens with zero attached hydrogens (tertiary/aromatic N) is 1. The van der Waals surface area contributed by atoms with Gasteiger partial charge in [-0.25, -0.2) is 0 Å². The van der Waals surface area contributed by atoms with Gasteiger partial charge in [-0.1, -0.05) is 30.3 Å². The number of halogens is 1. The average molecular weight is 370 g/mol. The summed E-state index contributed by atoms with van der Waals surface area (Å²) < 4.78 is 6.29. The van der Waals surface area contributed by atoms with Crippen molar-refractivity contribution < 1.29 is 9.66 Å². The molecule has 5 nitrogen and oxygen atoms in total. The van der Waals surface area contributed by atoms with Crippen molar-refractivity contribution in [2.45, 2.75) is 6.61 Å². The van der Waals surface area contributed by atoms with Gasteiger partial charge in [0.15, 0.2) is 0 Å². The second kappa shape index (κ2) is 5.87. The van der Waals surface area contributed by atoms with Gasteiger partial charge >= 0.3 is 0 Å². The maximum absolute atomic E-state index is 10.7. The molecule has 0 aliphatic carbocycles. The zero-order valence-corrected chi connectivity index (χ0v) is 12.0. The third-order valence-electron chi connectivity index (χ3n) is 2.52. The number of anilines is 1. The molecular weight excluding hydrogens is 359 g/mol. The molecule has 2 aromatic carbocycles. The summed E-state index contributed by atoms with van der Waals surface area (Å²) in [5.41, 5.74) is 6.66. The summed E-state index contributed by atoms with van der Waals surface area (Å²) in [6.45, 7) is 0.397. The first-order valence-electron chi connectivity index (χ1n) is 5.48. The zero-order valence-electron chi connectivity index (χ0n) is 9.88. The van der Waals surface area contributed by atoms with Gasteiger partial charge in [-0.2, -0.15) is 0 Å². The third kappa shape index (κ3) is 3.34. The molecule has 19 heavy (non-hydrogen) atoms. The third-order valence-corrected chi connectivity index (χ3v) is 3.36. The van der Waals surface area contributed by atoms with Crippen molar-refractivity contribution in [2.75, 3.05) is 5.73 Å². The molecule has 2 aromatic rings. The Bertz CT molecular complexity index is 602. The molecule has 0 amide bonds. The summed E-state index contributed by atoms with van der Waals surface area (Å²) in [6.07, 6.45) is 0. The molecule has 0 aliphatic rings. The number of ether oxygens (including phenoxy) is 1. The van der Waals surface area contributed by atoms with Crippen LogP contribution in [0.2, 0.25) is 0 Å². The molecule has 0 heterocycles. The molecule has 0 fully saturated rings. The van der Waals surface area contributed by atoms with E-state index < -0.39 is 4.92 Å². The lowest BCUT2D eigenvalue weighted by Gasteiger charge is -2.09. The van der Waals surface area contributed by atoms with E-state index in [9.17, 15) is 10.1 Å². The predicted molar refractivity (Wildman–Crippen MR) is 81.0 cm³/mol. The Morgan fingerprint density at radius 3 is 2.58 bits per heavy atom. The van der Waals surface area contributed by atoms with E-state index in [4.69, 9.17) is 10.5 Å². The van der Waals surface area contributed by atoms with E-state index in [0.29, 0.717) is 15.9 Å². The SMILES string of the molecule is Nc1cc(OCc2ccccc2)c(I)cc1[N+](=O)[O-]. The number of hydrogen-bond acceptors (Lipinski definition) is 4. The Hall–Kier alpha value is -1.83. The molecule has 0 radical (unpaired) electrons. The Labute approximate surface area is 123 Å². The van der Waals surface area contributed by atoms with Crippen molar-refractivity contribution in [3.8, 4) is 5.75 Å². The number of rotatable bonds is 4. The topological polar surface area (TPSA) is 78.4 Å². The van der Waals surface area contributed by atoms with Gasteiger partial charge in [0.25, 0.3) is 5.69 Å². The van der Waals surface area contributed by atoms with Gasteiger partial charge < -0.3 is 10.5 Å². The molecular formula is C13H11IN2O3. The molecule has 6 heteroatoms. The molecule has 0 aromatic heterocycles. The summed E-state index contributed by atoms with van der Waals surface area (Å²) in [5.74, 6) is 0.549. The van der Waals surface area contributed by atoms with Crippen LogP contribution < -0.4 is 10.5 Å². The zero-order chi connectivity index (χ0) is 13.8. The van der Waals surface area contributed by atoms with Gasteiger partial charge in [-0.05, 0) is 28.2 Å². The number of nitrogens with two attached hydrogens (primary N) is 1. The van der Waals surface area contributed by atoms with Gasteiger partial charge in [-0.3, -0.25) is 10.1 Å². The smallest absolute Gasteiger partial charge is 0.293 e. The molecule has 0 aliphatic heterocycles. The standard InChI is InChI=1S/C13H11IN2O3/c14-10-6-12(16(17)18)11(15)7-13(10)19-8-9-4-2-1-3-5-9/h1-7H,8,15H2. The van der Waals surface area contributed by atoms with E-state index in [1.165, 1.54) is 12.1 Å². The van der Waals surface area contributed by atoms with E-state index in [-0.39, 0.29) is 11.4 Å². The molecule has 0 saturated heterocycles. The van der Waals surface area contributed by atoms with E-state index in [1.807, 2.05) is 52.9 Å². The number of hydrogen-bond donors (Lipinski definition) is 1. The second-order valence-electron chi connectivity index (χ2n) is 3.87. The summed E-state index contributed by atoms with van der Waals surface area (Å²) in [7, 11) is 0. The molecule has 0 saturated carbocycles. The van der Waals surface area contributed by atoms with Crippen LogP contribution in [0.5, 0.6) is 5.75 Å². The van der Waals surface area contributed by atoms with Crippen molar-refractivity contribution in [3.05, 3.63) is 61.7 Å². The number of nitrogen functional groups attached to an aromatic ring is 1. The molecule has 98 valence electrons. The number of nitro groups is 1. The van der Waals surface area contributed by atoms with Crippen molar-refractivity contribution in [1.82, 2.24) is 0 Å². The van der Waals surface area contributed by atoms with E-state index in [2.05, 4.69) is 0 Å². The van der Waals surface area contributed by atoms with Crippen LogP contribution in [0.25, 0.3) is 0 Å². The van der Waals surface area contributed by atoms with Crippen LogP contribution >= 0.6 is 22.6 Å². The highest BCUT2D eigenvalue weighted by Gasteiger charge is 2.15. The largest absolute Gasteiger partial charge is 0.488 e. The monoisotopic (exact) mass is 370 g/mol. The van der Waals surface area contributed by atoms with Crippen LogP contribution in [-0.2, 0) is 6.61 Å². The van der Waals surface area contributed by atoms with Crippen LogP contribution in [0, 0.1) is 13.7 Å². The molecule has 0 bridgehead atoms. The van der Waals surface area contributed by atoms with Gasteiger partial charge in [-0.15, -0.1) is 0 Å². The van der Waals surface area contributed by atoms with Crippen LogP contribution in [0.4, 0.5) is 11.4 Å². The van der Waals surface area contributed by atoms with Crippen LogP contribution in [0.15, 0.2) is 42.5 Å². The number of benzene rings is 2. The Kier molecular flexibility index (Phi) is 4.20. The predicted octanol–water partition coefficient (Wildman–Crippen LogP) is 3.36. The van der Waals surface area contributed by atoms with Crippen molar-refractivity contribution >= 4 is 34.0 Å². The van der Waals surface area contributed by atoms with E-state index in [0.717, 1.165) is 5.56 Å². The summed E-state index contributed by atoms with van der Waals surface area (Å²) in [4.78, 5) is 10.2. The molecule has 0 spiro atoms. The van der Waals surface area contributed by atoms with Crippen molar-refractivity contribution in [2.24, 2.45) is 0 Å². The van der Waals surface area contributed by atoms with E-state index >= 15 is 0 Å². The molecule has 2 rings (SSSR count). The van der Waals surface area contributed by atoms with Crippen LogP contribution in [-0.4, -0.2) is 4.92 Å². The minimum absolute atomic E-state index is 0.100. The Morgan fingerprint density at radius 1 is 1.26 bits per heavy atom. The Morgan fingerprint density at radius 2 is 1.95 bits per heavy atom. The lowest BCUT2D eigenvalue weighted by molar-refractivity contribution is -0.384. The first kappa shape index (κ1) is 13.6. The maximum Gasteiger partial charge on any atom is 0.293 e. The van der Waals surface area contributed by atoms with Crippen molar-refractivity contribution in [1.29, 1.82) is 0 Å². The lowest BCUT2D eigenvalue weighted by Crippen LogP contribution is -2.01. The maximum atomic E-state index is 10.7. The average Bonchev–Trinajstić information content (AvgIpc) is 2.40. The second-order valence-corrected chi connectivity index (χ2v) is 5.04. The molecule has 0 unspecified atom stereocenters. The van der Waals surface area contributed by atoms with Crippen LogP contribution in [0.1, 0.15) is 5.56 Å². The first-order valence-corrected chi connectivity index (χ1v) is 6.56. The number of nitro benzene ring substituents is 1. The fourth-order valence-corrected chi connectivity index (χ4v) is 2.17.